The third-order valence-corrected chi connectivity index (χ3v) is 4.68. The molecular formula is C18H29ClN2. The van der Waals surface area contributed by atoms with Gasteiger partial charge in [-0.15, -0.1) is 0 Å². The number of anilines is 1. The van der Waals surface area contributed by atoms with E-state index in [2.05, 4.69) is 63.0 Å². The molecule has 0 radical (unpaired) electrons. The Kier molecular flexibility index (Phi) is 4.89. The predicted octanol–water partition coefficient (Wildman–Crippen LogP) is 4.85. The average Bonchev–Trinajstić information content (AvgIpc) is 2.36. The van der Waals surface area contributed by atoms with Gasteiger partial charge in [-0.1, -0.05) is 31.5 Å². The molecule has 1 saturated heterocycles. The molecule has 0 spiro atoms. The van der Waals surface area contributed by atoms with Gasteiger partial charge in [-0.3, -0.25) is 0 Å². The van der Waals surface area contributed by atoms with Crippen molar-refractivity contribution in [3.05, 3.63) is 28.8 Å². The first kappa shape index (κ1) is 16.6. The zero-order valence-electron chi connectivity index (χ0n) is 14.1. The summed E-state index contributed by atoms with van der Waals surface area (Å²) < 4.78 is 0. The van der Waals surface area contributed by atoms with Crippen LogP contribution >= 0.6 is 11.6 Å². The second-order valence-corrected chi connectivity index (χ2v) is 8.44. The van der Waals surface area contributed by atoms with E-state index in [9.17, 15) is 0 Å². The highest BCUT2D eigenvalue weighted by molar-refractivity contribution is 6.31. The first-order chi connectivity index (χ1) is 9.66. The molecule has 0 aromatic heterocycles. The fraction of sp³-hybridized carbons (Fsp3) is 0.667. The van der Waals surface area contributed by atoms with Crippen molar-refractivity contribution in [3.63, 3.8) is 0 Å². The van der Waals surface area contributed by atoms with E-state index in [0.29, 0.717) is 5.41 Å². The van der Waals surface area contributed by atoms with E-state index in [-0.39, 0.29) is 5.54 Å². The van der Waals surface area contributed by atoms with Gasteiger partial charge in [0, 0.05) is 35.9 Å². The molecule has 1 aromatic rings. The third-order valence-electron chi connectivity index (χ3n) is 4.33. The number of halogens is 1. The summed E-state index contributed by atoms with van der Waals surface area (Å²) in [7, 11) is 0. The van der Waals surface area contributed by atoms with E-state index in [1.165, 1.54) is 24.1 Å². The summed E-state index contributed by atoms with van der Waals surface area (Å²) >= 11 is 6.47. The van der Waals surface area contributed by atoms with Gasteiger partial charge in [0.15, 0.2) is 0 Å². The molecule has 1 aromatic carbocycles. The van der Waals surface area contributed by atoms with Crippen molar-refractivity contribution < 1.29 is 0 Å². The lowest BCUT2D eigenvalue weighted by atomic mass is 9.82. The van der Waals surface area contributed by atoms with E-state index in [1.54, 1.807) is 0 Å². The highest BCUT2D eigenvalue weighted by Gasteiger charge is 2.25. The number of benzene rings is 1. The van der Waals surface area contributed by atoms with Crippen molar-refractivity contribution in [3.8, 4) is 0 Å². The molecule has 1 heterocycles. The topological polar surface area (TPSA) is 15.3 Å². The predicted molar refractivity (Wildman–Crippen MR) is 93.3 cm³/mol. The van der Waals surface area contributed by atoms with Crippen LogP contribution in [0.5, 0.6) is 0 Å². The zero-order chi connectivity index (χ0) is 15.7. The van der Waals surface area contributed by atoms with Crippen molar-refractivity contribution in [2.24, 2.45) is 5.41 Å². The second kappa shape index (κ2) is 6.18. The third kappa shape index (κ3) is 4.89. The maximum atomic E-state index is 6.47. The van der Waals surface area contributed by atoms with Crippen LogP contribution in [0.15, 0.2) is 18.2 Å². The minimum Gasteiger partial charge on any atom is -0.371 e. The van der Waals surface area contributed by atoms with Gasteiger partial charge in [0.25, 0.3) is 0 Å². The SMILES string of the molecule is CC1(C)CCN(c2ccc(CNC(C)(C)C)c(Cl)c2)CC1. The molecule has 0 unspecified atom stereocenters. The van der Waals surface area contributed by atoms with Crippen molar-refractivity contribution in [1.29, 1.82) is 0 Å². The summed E-state index contributed by atoms with van der Waals surface area (Å²) in [5.74, 6) is 0. The number of hydrogen-bond donors (Lipinski definition) is 1. The lowest BCUT2D eigenvalue weighted by Gasteiger charge is -2.38. The standard InChI is InChI=1S/C18H29ClN2/c1-17(2,3)20-13-14-6-7-15(12-16(14)19)21-10-8-18(4,5)9-11-21/h6-7,12,20H,8-11,13H2,1-5H3. The largest absolute Gasteiger partial charge is 0.371 e. The smallest absolute Gasteiger partial charge is 0.0471 e. The van der Waals surface area contributed by atoms with E-state index in [0.717, 1.165) is 24.7 Å². The molecule has 0 saturated carbocycles. The monoisotopic (exact) mass is 308 g/mol. The highest BCUT2D eigenvalue weighted by atomic mass is 35.5. The molecule has 0 bridgehead atoms. The minimum absolute atomic E-state index is 0.112. The first-order valence-corrected chi connectivity index (χ1v) is 8.33. The molecular weight excluding hydrogens is 280 g/mol. The Labute approximate surface area is 134 Å². The zero-order valence-corrected chi connectivity index (χ0v) is 14.8. The van der Waals surface area contributed by atoms with Crippen LogP contribution in [0.4, 0.5) is 5.69 Å². The van der Waals surface area contributed by atoms with Crippen LogP contribution in [-0.2, 0) is 6.54 Å². The van der Waals surface area contributed by atoms with Crippen LogP contribution in [0.1, 0.15) is 53.0 Å². The Morgan fingerprint density at radius 2 is 1.81 bits per heavy atom. The van der Waals surface area contributed by atoms with Gasteiger partial charge in [0.1, 0.15) is 0 Å². The Morgan fingerprint density at radius 3 is 2.33 bits per heavy atom. The molecule has 0 atom stereocenters. The van der Waals surface area contributed by atoms with E-state index in [4.69, 9.17) is 11.6 Å². The fourth-order valence-corrected chi connectivity index (χ4v) is 2.85. The molecule has 1 aliphatic rings. The summed E-state index contributed by atoms with van der Waals surface area (Å²) in [6, 6.07) is 6.50. The van der Waals surface area contributed by atoms with Crippen LogP contribution in [0.25, 0.3) is 0 Å². The lowest BCUT2D eigenvalue weighted by Crippen LogP contribution is -2.37. The van der Waals surface area contributed by atoms with E-state index >= 15 is 0 Å². The number of nitrogens with one attached hydrogen (secondary N) is 1. The molecule has 1 fully saturated rings. The van der Waals surface area contributed by atoms with Crippen molar-refractivity contribution in [2.75, 3.05) is 18.0 Å². The minimum atomic E-state index is 0.112. The summed E-state index contributed by atoms with van der Waals surface area (Å²) in [6.07, 6.45) is 2.50. The summed E-state index contributed by atoms with van der Waals surface area (Å²) in [4.78, 5) is 2.46. The Hall–Kier alpha value is -0.730. The first-order valence-electron chi connectivity index (χ1n) is 7.95. The molecule has 0 amide bonds. The number of rotatable bonds is 3. The van der Waals surface area contributed by atoms with Gasteiger partial charge in [0.2, 0.25) is 0 Å². The molecule has 21 heavy (non-hydrogen) atoms. The summed E-state index contributed by atoms with van der Waals surface area (Å²) in [5.41, 5.74) is 3.03. The van der Waals surface area contributed by atoms with Gasteiger partial charge in [0.05, 0.1) is 0 Å². The van der Waals surface area contributed by atoms with Crippen LogP contribution in [0, 0.1) is 5.41 Å². The number of hydrogen-bond acceptors (Lipinski definition) is 2. The fourth-order valence-electron chi connectivity index (χ4n) is 2.61. The maximum Gasteiger partial charge on any atom is 0.0471 e. The molecule has 118 valence electrons. The van der Waals surface area contributed by atoms with E-state index in [1.807, 2.05) is 0 Å². The van der Waals surface area contributed by atoms with Crippen LogP contribution in [0.2, 0.25) is 5.02 Å². The highest BCUT2D eigenvalue weighted by Crippen LogP contribution is 2.33. The van der Waals surface area contributed by atoms with Gasteiger partial charge >= 0.3 is 0 Å². The molecule has 1 aliphatic heterocycles. The molecule has 2 rings (SSSR count). The van der Waals surface area contributed by atoms with E-state index < -0.39 is 0 Å². The Bertz CT molecular complexity index is 478. The molecule has 3 heteroatoms. The number of piperidine rings is 1. The quantitative estimate of drug-likeness (QED) is 0.858. The maximum absolute atomic E-state index is 6.47. The molecule has 1 N–H and O–H groups in total. The second-order valence-electron chi connectivity index (χ2n) is 8.03. The van der Waals surface area contributed by atoms with Crippen LogP contribution < -0.4 is 10.2 Å². The normalized spacial score (nSPS) is 18.9. The van der Waals surface area contributed by atoms with Gasteiger partial charge in [-0.2, -0.15) is 0 Å². The van der Waals surface area contributed by atoms with Crippen LogP contribution in [-0.4, -0.2) is 18.6 Å². The van der Waals surface area contributed by atoms with Gasteiger partial charge in [-0.25, -0.2) is 0 Å². The summed E-state index contributed by atoms with van der Waals surface area (Å²) in [5, 5.41) is 4.36. The lowest BCUT2D eigenvalue weighted by molar-refractivity contribution is 0.280. The molecule has 0 aliphatic carbocycles. The summed E-state index contributed by atoms with van der Waals surface area (Å²) in [6.45, 7) is 14.3. The number of nitrogens with zero attached hydrogens (tertiary/aromatic N) is 1. The van der Waals surface area contributed by atoms with Crippen molar-refractivity contribution >= 4 is 17.3 Å². The van der Waals surface area contributed by atoms with Crippen molar-refractivity contribution in [2.45, 2.75) is 59.5 Å². The van der Waals surface area contributed by atoms with Gasteiger partial charge in [-0.05, 0) is 56.7 Å². The Morgan fingerprint density at radius 1 is 1.19 bits per heavy atom. The van der Waals surface area contributed by atoms with Gasteiger partial charge < -0.3 is 10.2 Å². The molecule has 2 nitrogen and oxygen atoms in total. The van der Waals surface area contributed by atoms with Crippen LogP contribution in [0.3, 0.4) is 0 Å². The van der Waals surface area contributed by atoms with Crippen molar-refractivity contribution in [1.82, 2.24) is 5.32 Å². The average molecular weight is 309 g/mol. The Balaban J connectivity index is 2.02.